The third-order valence-electron chi connectivity index (χ3n) is 7.58. The largest absolute Gasteiger partial charge is 0.496 e. The molecule has 0 fully saturated rings. The second-order valence-electron chi connectivity index (χ2n) is 10.1. The molecule has 0 bridgehead atoms. The van der Waals surface area contributed by atoms with Crippen LogP contribution in [0, 0.1) is 0 Å². The molecule has 0 spiro atoms. The summed E-state index contributed by atoms with van der Waals surface area (Å²) >= 11 is 4.85. The topological polar surface area (TPSA) is 88.4 Å². The standard InChI is InChI=1S/C34H25BrN2O6S/c1-3-41-33(39)29-30(20-10-5-4-6-11-20)36-34-37(31(29)28-22-12-8-7-9-19(22)13-14-24(28)40-2)32(38)27(44-34)16-21-15-25-26(17-23(21)35)43-18-42-25/h4-17,31H,3,18H2,1-2H3. The molecule has 2 aliphatic heterocycles. The zero-order valence-electron chi connectivity index (χ0n) is 23.7. The Hall–Kier alpha value is -4.67. The lowest BCUT2D eigenvalue weighted by Gasteiger charge is -2.28. The predicted octanol–water partition coefficient (Wildman–Crippen LogP) is 5.59. The van der Waals surface area contributed by atoms with Crippen LogP contribution in [0.4, 0.5) is 0 Å². The third kappa shape index (κ3) is 4.71. The fourth-order valence-corrected chi connectivity index (χ4v) is 7.06. The summed E-state index contributed by atoms with van der Waals surface area (Å²) in [4.78, 5) is 33.8. The predicted molar refractivity (Wildman–Crippen MR) is 172 cm³/mol. The van der Waals surface area contributed by atoms with Gasteiger partial charge in [-0.15, -0.1) is 0 Å². The first-order chi connectivity index (χ1) is 21.5. The number of fused-ring (bicyclic) bond motifs is 3. The lowest BCUT2D eigenvalue weighted by Crippen LogP contribution is -2.40. The minimum atomic E-state index is -0.885. The Morgan fingerprint density at radius 3 is 2.59 bits per heavy atom. The monoisotopic (exact) mass is 668 g/mol. The van der Waals surface area contributed by atoms with Crippen molar-refractivity contribution in [3.05, 3.63) is 125 Å². The second kappa shape index (κ2) is 11.4. The molecule has 0 saturated heterocycles. The van der Waals surface area contributed by atoms with E-state index >= 15 is 0 Å². The first-order valence-electron chi connectivity index (χ1n) is 13.9. The van der Waals surface area contributed by atoms with Crippen LogP contribution in [0.25, 0.3) is 22.5 Å². The van der Waals surface area contributed by atoms with Crippen LogP contribution in [0.15, 0.2) is 98.7 Å². The van der Waals surface area contributed by atoms with Crippen LogP contribution in [0.3, 0.4) is 0 Å². The molecule has 7 rings (SSSR count). The summed E-state index contributed by atoms with van der Waals surface area (Å²) in [6.07, 6.45) is 1.80. The van der Waals surface area contributed by atoms with Gasteiger partial charge < -0.3 is 18.9 Å². The van der Waals surface area contributed by atoms with Gasteiger partial charge in [-0.05, 0) is 47.5 Å². The Balaban J connectivity index is 1.58. The van der Waals surface area contributed by atoms with E-state index in [1.807, 2.05) is 78.9 Å². The zero-order valence-corrected chi connectivity index (χ0v) is 26.1. The van der Waals surface area contributed by atoms with Crippen LogP contribution in [0.5, 0.6) is 17.2 Å². The van der Waals surface area contributed by atoms with Crippen LogP contribution >= 0.6 is 27.3 Å². The number of thiazole rings is 1. The van der Waals surface area contributed by atoms with E-state index in [1.165, 1.54) is 11.3 Å². The van der Waals surface area contributed by atoms with E-state index in [0.717, 1.165) is 26.4 Å². The quantitative estimate of drug-likeness (QED) is 0.219. The van der Waals surface area contributed by atoms with E-state index in [9.17, 15) is 9.59 Å². The molecule has 1 atom stereocenters. The minimum Gasteiger partial charge on any atom is -0.496 e. The first-order valence-corrected chi connectivity index (χ1v) is 15.5. The molecule has 1 unspecified atom stereocenters. The molecule has 0 saturated carbocycles. The van der Waals surface area contributed by atoms with E-state index in [1.54, 1.807) is 24.7 Å². The summed E-state index contributed by atoms with van der Waals surface area (Å²) in [7, 11) is 1.58. The Morgan fingerprint density at radius 2 is 1.82 bits per heavy atom. The first kappa shape index (κ1) is 28.1. The van der Waals surface area contributed by atoms with Crippen molar-refractivity contribution in [2.24, 2.45) is 4.99 Å². The van der Waals surface area contributed by atoms with Gasteiger partial charge in [0.25, 0.3) is 5.56 Å². The Kier molecular flexibility index (Phi) is 7.31. The van der Waals surface area contributed by atoms with E-state index in [2.05, 4.69) is 15.9 Å². The van der Waals surface area contributed by atoms with Crippen LogP contribution in [-0.2, 0) is 9.53 Å². The molecule has 8 nitrogen and oxygen atoms in total. The van der Waals surface area contributed by atoms with E-state index in [4.69, 9.17) is 23.9 Å². The highest BCUT2D eigenvalue weighted by Crippen LogP contribution is 2.42. The summed E-state index contributed by atoms with van der Waals surface area (Å²) < 4.78 is 25.4. The van der Waals surface area contributed by atoms with Crippen molar-refractivity contribution in [3.63, 3.8) is 0 Å². The molecule has 0 N–H and O–H groups in total. The molecule has 5 aromatic rings. The second-order valence-corrected chi connectivity index (χ2v) is 11.9. The average molecular weight is 670 g/mol. The van der Waals surface area contributed by atoms with Gasteiger partial charge in [-0.1, -0.05) is 87.9 Å². The van der Waals surface area contributed by atoms with Crippen LogP contribution < -0.4 is 29.1 Å². The molecule has 44 heavy (non-hydrogen) atoms. The number of methoxy groups -OCH3 is 1. The molecule has 0 aliphatic carbocycles. The molecular formula is C34H25BrN2O6S. The van der Waals surface area contributed by atoms with Gasteiger partial charge in [-0.25, -0.2) is 9.79 Å². The van der Waals surface area contributed by atoms with Crippen molar-refractivity contribution in [2.75, 3.05) is 20.5 Å². The van der Waals surface area contributed by atoms with Crippen molar-refractivity contribution in [3.8, 4) is 17.2 Å². The number of rotatable bonds is 6. The molecule has 220 valence electrons. The number of carbonyl (C=O) groups is 1. The molecule has 4 aromatic carbocycles. The number of carbonyl (C=O) groups excluding carboxylic acids is 1. The van der Waals surface area contributed by atoms with Gasteiger partial charge in [0.05, 0.1) is 29.5 Å². The van der Waals surface area contributed by atoms with Crippen LogP contribution in [0.1, 0.15) is 29.7 Å². The van der Waals surface area contributed by atoms with E-state index in [0.29, 0.717) is 37.8 Å². The summed E-state index contributed by atoms with van der Waals surface area (Å²) in [5.74, 6) is 1.22. The van der Waals surface area contributed by atoms with Crippen LogP contribution in [0.2, 0.25) is 0 Å². The third-order valence-corrected chi connectivity index (χ3v) is 9.25. The minimum absolute atomic E-state index is 0.138. The maximum atomic E-state index is 14.4. The number of esters is 1. The van der Waals surface area contributed by atoms with Gasteiger partial charge in [0.2, 0.25) is 6.79 Å². The summed E-state index contributed by atoms with van der Waals surface area (Å²) in [5.41, 5.74) is 2.56. The molecular weight excluding hydrogens is 644 g/mol. The number of ether oxygens (including phenoxy) is 4. The van der Waals surface area contributed by atoms with E-state index < -0.39 is 12.0 Å². The SMILES string of the molecule is CCOC(=O)C1=C(c2ccccc2)N=c2sc(=Cc3cc4c(cc3Br)OCO4)c(=O)n2C1c1c(OC)ccc2ccccc12. The Bertz CT molecular complexity index is 2170. The number of aromatic nitrogens is 1. The number of nitrogens with zero attached hydrogens (tertiary/aromatic N) is 2. The fourth-order valence-electron chi connectivity index (χ4n) is 5.63. The van der Waals surface area contributed by atoms with Crippen molar-refractivity contribution in [1.82, 2.24) is 4.57 Å². The number of hydrogen-bond donors (Lipinski definition) is 0. The van der Waals surface area contributed by atoms with Crippen LogP contribution in [-0.4, -0.2) is 31.0 Å². The number of benzene rings is 4. The highest BCUT2D eigenvalue weighted by Gasteiger charge is 2.37. The van der Waals surface area contributed by atoms with Crippen molar-refractivity contribution < 1.29 is 23.7 Å². The van der Waals surface area contributed by atoms with Gasteiger partial charge in [0.15, 0.2) is 16.3 Å². The van der Waals surface area contributed by atoms with Gasteiger partial charge in [-0.2, -0.15) is 0 Å². The van der Waals surface area contributed by atoms with Crippen molar-refractivity contribution in [2.45, 2.75) is 13.0 Å². The van der Waals surface area contributed by atoms with Crippen molar-refractivity contribution >= 4 is 55.8 Å². The molecule has 0 amide bonds. The average Bonchev–Trinajstić information content (AvgIpc) is 3.63. The molecule has 10 heteroatoms. The van der Waals surface area contributed by atoms with Gasteiger partial charge in [0.1, 0.15) is 11.8 Å². The summed E-state index contributed by atoms with van der Waals surface area (Å²) in [5, 5.41) is 1.79. The lowest BCUT2D eigenvalue weighted by atomic mass is 9.89. The smallest absolute Gasteiger partial charge is 0.338 e. The highest BCUT2D eigenvalue weighted by atomic mass is 79.9. The zero-order chi connectivity index (χ0) is 30.4. The Labute approximate surface area is 264 Å². The maximum Gasteiger partial charge on any atom is 0.338 e. The normalized spacial score (nSPS) is 15.7. The fraction of sp³-hybridized carbons (Fsp3) is 0.147. The maximum absolute atomic E-state index is 14.4. The summed E-state index contributed by atoms with van der Waals surface area (Å²) in [6, 6.07) is 23.9. The highest BCUT2D eigenvalue weighted by molar-refractivity contribution is 9.10. The van der Waals surface area contributed by atoms with E-state index in [-0.39, 0.29) is 24.5 Å². The molecule has 0 radical (unpaired) electrons. The van der Waals surface area contributed by atoms with Gasteiger partial charge >= 0.3 is 5.97 Å². The Morgan fingerprint density at radius 1 is 1.07 bits per heavy atom. The number of halogens is 1. The van der Waals surface area contributed by atoms with Gasteiger partial charge in [0, 0.05) is 15.6 Å². The van der Waals surface area contributed by atoms with Crippen molar-refractivity contribution in [1.29, 1.82) is 0 Å². The number of hydrogen-bond acceptors (Lipinski definition) is 8. The summed E-state index contributed by atoms with van der Waals surface area (Å²) in [6.45, 7) is 2.05. The molecule has 1 aromatic heterocycles. The molecule has 3 heterocycles. The molecule has 2 aliphatic rings. The lowest BCUT2D eigenvalue weighted by molar-refractivity contribution is -0.138. The van der Waals surface area contributed by atoms with Gasteiger partial charge in [-0.3, -0.25) is 9.36 Å².